The molecule has 0 saturated heterocycles. The van der Waals surface area contributed by atoms with Crippen LogP contribution in [0.3, 0.4) is 0 Å². The highest BCUT2D eigenvalue weighted by Gasteiger charge is 2.19. The summed E-state index contributed by atoms with van der Waals surface area (Å²) in [4.78, 5) is 35.0. The molecule has 1 aromatic carbocycles. The highest BCUT2D eigenvalue weighted by Crippen LogP contribution is 2.24. The van der Waals surface area contributed by atoms with E-state index in [4.69, 9.17) is 0 Å². The Balaban J connectivity index is 1.91. The maximum Gasteiger partial charge on any atom is 0.228 e. The number of benzene rings is 1. The fourth-order valence-electron chi connectivity index (χ4n) is 2.22. The molecule has 2 N–H and O–H groups in total. The van der Waals surface area contributed by atoms with Crippen LogP contribution in [0.2, 0.25) is 0 Å². The lowest BCUT2D eigenvalue weighted by Gasteiger charge is -2.11. The van der Waals surface area contributed by atoms with Crippen molar-refractivity contribution in [3.05, 3.63) is 29.3 Å². The number of amides is 2. The Kier molecular flexibility index (Phi) is 4.73. The predicted molar refractivity (Wildman–Crippen MR) is 80.2 cm³/mol. The van der Waals surface area contributed by atoms with Crippen LogP contribution in [-0.4, -0.2) is 23.6 Å². The number of carbonyl (C=O) groups excluding carboxylic acids is 3. The molecule has 0 spiro atoms. The Hall–Kier alpha value is -2.17. The van der Waals surface area contributed by atoms with E-state index in [1.165, 1.54) is 0 Å². The molecular formula is C16H20N2O3. The van der Waals surface area contributed by atoms with Gasteiger partial charge in [-0.2, -0.15) is 0 Å². The maximum absolute atomic E-state index is 12.1. The Bertz CT molecular complexity index is 581. The predicted octanol–water partition coefficient (Wildman–Crippen LogP) is 2.06. The topological polar surface area (TPSA) is 75.3 Å². The second kappa shape index (κ2) is 6.52. The minimum atomic E-state index is -0.101. The number of Topliss-reactive ketones (excluding diaryl/α,β-unsaturated/α-hetero) is 1. The highest BCUT2D eigenvalue weighted by atomic mass is 16.2. The molecule has 1 unspecified atom stereocenters. The molecule has 21 heavy (non-hydrogen) atoms. The Morgan fingerprint density at radius 3 is 2.81 bits per heavy atom. The van der Waals surface area contributed by atoms with Gasteiger partial charge >= 0.3 is 0 Å². The van der Waals surface area contributed by atoms with Gasteiger partial charge in [-0.05, 0) is 37.1 Å². The summed E-state index contributed by atoms with van der Waals surface area (Å²) < 4.78 is 0. The van der Waals surface area contributed by atoms with Gasteiger partial charge in [0.15, 0.2) is 5.78 Å². The average molecular weight is 288 g/mol. The van der Waals surface area contributed by atoms with Gasteiger partial charge in [0.2, 0.25) is 11.8 Å². The standard InChI is InChI=1S/C16H20N2O3/c1-3-10(2)17-15(20)7-6-14(19)11-4-5-13-12(8-11)9-16(21)18-13/h4-5,8,10H,3,6-7,9H2,1-2H3,(H,17,20)(H,18,21). The lowest BCUT2D eigenvalue weighted by atomic mass is 10.0. The molecule has 0 aliphatic carbocycles. The first kappa shape index (κ1) is 15.2. The molecule has 2 amide bonds. The van der Waals surface area contributed by atoms with Crippen LogP contribution in [0.4, 0.5) is 5.69 Å². The van der Waals surface area contributed by atoms with Gasteiger partial charge in [-0.1, -0.05) is 6.92 Å². The van der Waals surface area contributed by atoms with Crippen LogP contribution in [0.25, 0.3) is 0 Å². The van der Waals surface area contributed by atoms with Gasteiger partial charge in [0.05, 0.1) is 6.42 Å². The van der Waals surface area contributed by atoms with Gasteiger partial charge in [0, 0.05) is 30.1 Å². The smallest absolute Gasteiger partial charge is 0.228 e. The number of nitrogens with one attached hydrogen (secondary N) is 2. The van der Waals surface area contributed by atoms with Crippen LogP contribution in [0.1, 0.15) is 49.0 Å². The molecule has 0 saturated carbocycles. The molecular weight excluding hydrogens is 268 g/mol. The molecule has 112 valence electrons. The number of anilines is 1. The molecule has 1 aromatic rings. The molecule has 1 heterocycles. The molecule has 0 radical (unpaired) electrons. The second-order valence-electron chi connectivity index (χ2n) is 5.40. The van der Waals surface area contributed by atoms with Gasteiger partial charge in [-0.15, -0.1) is 0 Å². The number of hydrogen-bond acceptors (Lipinski definition) is 3. The molecule has 0 fully saturated rings. The van der Waals surface area contributed by atoms with Crippen molar-refractivity contribution in [2.45, 2.75) is 45.6 Å². The summed E-state index contributed by atoms with van der Waals surface area (Å²) in [5.74, 6) is -0.227. The average Bonchev–Trinajstić information content (AvgIpc) is 2.83. The van der Waals surface area contributed by atoms with Gasteiger partial charge in [-0.25, -0.2) is 0 Å². The molecule has 1 aliphatic rings. The number of rotatable bonds is 6. The first-order valence-corrected chi connectivity index (χ1v) is 7.25. The summed E-state index contributed by atoms with van der Waals surface area (Å²) in [6.07, 6.45) is 1.55. The van der Waals surface area contributed by atoms with Crippen LogP contribution in [0.5, 0.6) is 0 Å². The van der Waals surface area contributed by atoms with Crippen molar-refractivity contribution in [2.75, 3.05) is 5.32 Å². The summed E-state index contributed by atoms with van der Waals surface area (Å²) >= 11 is 0. The summed E-state index contributed by atoms with van der Waals surface area (Å²) in [6, 6.07) is 5.30. The molecule has 5 heteroatoms. The minimum absolute atomic E-state index is 0.0532. The fourth-order valence-corrected chi connectivity index (χ4v) is 2.22. The quantitative estimate of drug-likeness (QED) is 0.787. The molecule has 2 rings (SSSR count). The number of carbonyl (C=O) groups is 3. The van der Waals surface area contributed by atoms with E-state index in [0.29, 0.717) is 12.0 Å². The van der Waals surface area contributed by atoms with Crippen molar-refractivity contribution in [1.29, 1.82) is 0 Å². The van der Waals surface area contributed by atoms with Crippen molar-refractivity contribution in [2.24, 2.45) is 0 Å². The van der Waals surface area contributed by atoms with Crippen molar-refractivity contribution in [3.63, 3.8) is 0 Å². The molecule has 1 atom stereocenters. The monoisotopic (exact) mass is 288 g/mol. The maximum atomic E-state index is 12.1. The van der Waals surface area contributed by atoms with Gasteiger partial charge in [0.1, 0.15) is 0 Å². The summed E-state index contributed by atoms with van der Waals surface area (Å²) in [7, 11) is 0. The van der Waals surface area contributed by atoms with Crippen molar-refractivity contribution >= 4 is 23.3 Å². The van der Waals surface area contributed by atoms with Gasteiger partial charge in [-0.3, -0.25) is 14.4 Å². The first-order valence-electron chi connectivity index (χ1n) is 7.25. The third kappa shape index (κ3) is 3.90. The summed E-state index contributed by atoms with van der Waals surface area (Å²) in [5, 5.41) is 5.57. The second-order valence-corrected chi connectivity index (χ2v) is 5.40. The number of ketones is 1. The number of hydrogen-bond donors (Lipinski definition) is 2. The summed E-state index contributed by atoms with van der Waals surface area (Å²) in [5.41, 5.74) is 2.17. The van der Waals surface area contributed by atoms with Crippen LogP contribution in [-0.2, 0) is 16.0 Å². The Morgan fingerprint density at radius 1 is 1.33 bits per heavy atom. The van der Waals surface area contributed by atoms with Crippen molar-refractivity contribution < 1.29 is 14.4 Å². The van der Waals surface area contributed by atoms with Gasteiger partial charge < -0.3 is 10.6 Å². The normalized spacial score (nSPS) is 14.3. The van der Waals surface area contributed by atoms with Crippen molar-refractivity contribution in [3.8, 4) is 0 Å². The zero-order chi connectivity index (χ0) is 15.4. The minimum Gasteiger partial charge on any atom is -0.354 e. The molecule has 1 aliphatic heterocycles. The zero-order valence-corrected chi connectivity index (χ0v) is 12.4. The lowest BCUT2D eigenvalue weighted by molar-refractivity contribution is -0.121. The van der Waals surface area contributed by atoms with E-state index < -0.39 is 0 Å². The summed E-state index contributed by atoms with van der Waals surface area (Å²) in [6.45, 7) is 3.93. The van der Waals surface area contributed by atoms with E-state index in [9.17, 15) is 14.4 Å². The highest BCUT2D eigenvalue weighted by molar-refractivity contribution is 6.02. The SMILES string of the molecule is CCC(C)NC(=O)CCC(=O)c1ccc2c(c1)CC(=O)N2. The van der Waals surface area contributed by atoms with E-state index in [2.05, 4.69) is 10.6 Å². The zero-order valence-electron chi connectivity index (χ0n) is 12.4. The van der Waals surface area contributed by atoms with E-state index in [1.807, 2.05) is 13.8 Å². The van der Waals surface area contributed by atoms with Crippen LogP contribution in [0, 0.1) is 0 Å². The van der Waals surface area contributed by atoms with Crippen molar-refractivity contribution in [1.82, 2.24) is 5.32 Å². The van der Waals surface area contributed by atoms with E-state index in [0.717, 1.165) is 17.7 Å². The third-order valence-corrected chi connectivity index (χ3v) is 3.65. The lowest BCUT2D eigenvalue weighted by Crippen LogP contribution is -2.32. The molecule has 5 nitrogen and oxygen atoms in total. The van der Waals surface area contributed by atoms with E-state index >= 15 is 0 Å². The molecule has 0 aromatic heterocycles. The molecule has 0 bridgehead atoms. The third-order valence-electron chi connectivity index (χ3n) is 3.65. The van der Waals surface area contributed by atoms with Gasteiger partial charge in [0.25, 0.3) is 0 Å². The van der Waals surface area contributed by atoms with E-state index in [-0.39, 0.29) is 36.5 Å². The largest absolute Gasteiger partial charge is 0.354 e. The van der Waals surface area contributed by atoms with Crippen LogP contribution in [0.15, 0.2) is 18.2 Å². The first-order chi connectivity index (χ1) is 9.99. The van der Waals surface area contributed by atoms with E-state index in [1.54, 1.807) is 18.2 Å². The Labute approximate surface area is 124 Å². The number of fused-ring (bicyclic) bond motifs is 1. The van der Waals surface area contributed by atoms with Crippen LogP contribution >= 0.6 is 0 Å². The van der Waals surface area contributed by atoms with Crippen LogP contribution < -0.4 is 10.6 Å². The Morgan fingerprint density at radius 2 is 2.10 bits per heavy atom. The fraction of sp³-hybridized carbons (Fsp3) is 0.438.